The highest BCUT2D eigenvalue weighted by Gasteiger charge is 2.13. The summed E-state index contributed by atoms with van der Waals surface area (Å²) in [4.78, 5) is 4.48. The van der Waals surface area contributed by atoms with Crippen LogP contribution in [0, 0.1) is 0 Å². The van der Waals surface area contributed by atoms with E-state index in [2.05, 4.69) is 30.1 Å². The lowest BCUT2D eigenvalue weighted by atomic mass is 11.7. The second-order valence-corrected chi connectivity index (χ2v) is 6.93. The largest absolute Gasteiger partial charge is 0.324 e. The average Bonchev–Trinajstić information content (AvgIpc) is 1.59. The van der Waals surface area contributed by atoms with Gasteiger partial charge in [-0.2, -0.15) is 0 Å². The molecule has 0 rings (SSSR count). The molecule has 0 aliphatic carbocycles. The van der Waals surface area contributed by atoms with E-state index >= 15 is 0 Å². The van der Waals surface area contributed by atoms with Crippen molar-refractivity contribution in [3.8, 4) is 0 Å². The van der Waals surface area contributed by atoms with Crippen LogP contribution in [0.25, 0.3) is 0 Å². The van der Waals surface area contributed by atoms with Crippen molar-refractivity contribution in [2.45, 2.75) is 19.6 Å². The van der Waals surface area contributed by atoms with Crippen molar-refractivity contribution in [3.05, 3.63) is 0 Å². The van der Waals surface area contributed by atoms with Gasteiger partial charge < -0.3 is 4.53 Å². The standard InChI is InChI=1S/C4H13NO2Si/c1-6-5-7-8(2,3)4/h5H,1-4H3. The molecule has 0 aliphatic rings. The molecule has 0 aliphatic heterocycles. The fourth-order valence-electron chi connectivity index (χ4n) is 0.167. The highest BCUT2D eigenvalue weighted by molar-refractivity contribution is 6.69. The topological polar surface area (TPSA) is 30.5 Å². The van der Waals surface area contributed by atoms with Gasteiger partial charge in [-0.3, -0.25) is 4.84 Å². The van der Waals surface area contributed by atoms with E-state index in [0.717, 1.165) is 0 Å². The van der Waals surface area contributed by atoms with Crippen LogP contribution in [0.4, 0.5) is 0 Å². The van der Waals surface area contributed by atoms with Crippen LogP contribution in [0.1, 0.15) is 0 Å². The Hall–Kier alpha value is 0.0969. The first-order valence-electron chi connectivity index (χ1n) is 2.52. The normalized spacial score (nSPS) is 12.0. The molecule has 0 spiro atoms. The summed E-state index contributed by atoms with van der Waals surface area (Å²) in [5.74, 6) is 0. The third-order valence-corrected chi connectivity index (χ3v) is 1.13. The zero-order chi connectivity index (χ0) is 6.62. The molecule has 0 aromatic rings. The van der Waals surface area contributed by atoms with Gasteiger partial charge in [0.1, 0.15) is 0 Å². The van der Waals surface area contributed by atoms with Crippen LogP contribution in [-0.2, 0) is 9.36 Å². The molecule has 0 amide bonds. The van der Waals surface area contributed by atoms with Gasteiger partial charge in [0.25, 0.3) is 0 Å². The van der Waals surface area contributed by atoms with Crippen molar-refractivity contribution in [2.24, 2.45) is 0 Å². The summed E-state index contributed by atoms with van der Waals surface area (Å²) in [5.41, 5.74) is 2.35. The maximum atomic E-state index is 5.05. The molecule has 0 saturated heterocycles. The van der Waals surface area contributed by atoms with E-state index < -0.39 is 8.32 Å². The lowest BCUT2D eigenvalue weighted by Gasteiger charge is -2.14. The molecule has 0 heterocycles. The molecule has 3 nitrogen and oxygen atoms in total. The van der Waals surface area contributed by atoms with Gasteiger partial charge in [0.15, 0.2) is 0 Å². The number of hydrogen-bond donors (Lipinski definition) is 1. The van der Waals surface area contributed by atoms with E-state index in [9.17, 15) is 0 Å². The SMILES string of the molecule is CONO[Si](C)(C)C. The minimum absolute atomic E-state index is 1.41. The third-order valence-electron chi connectivity index (χ3n) is 0.431. The highest BCUT2D eigenvalue weighted by Crippen LogP contribution is 1.97. The van der Waals surface area contributed by atoms with Crippen molar-refractivity contribution < 1.29 is 9.36 Å². The number of nitrogens with one attached hydrogen (secondary N) is 1. The molecular formula is C4H13NO2Si. The van der Waals surface area contributed by atoms with E-state index in [-0.39, 0.29) is 0 Å². The van der Waals surface area contributed by atoms with E-state index in [1.807, 2.05) is 0 Å². The Balaban J connectivity index is 3.11. The average molecular weight is 135 g/mol. The van der Waals surface area contributed by atoms with Crippen LogP contribution in [0.2, 0.25) is 19.6 Å². The minimum Gasteiger partial charge on any atom is -0.324 e. The minimum atomic E-state index is -1.41. The lowest BCUT2D eigenvalue weighted by molar-refractivity contribution is -0.0860. The molecule has 0 radical (unpaired) electrons. The lowest BCUT2D eigenvalue weighted by Crippen LogP contribution is -2.32. The van der Waals surface area contributed by atoms with Crippen LogP contribution in [-0.4, -0.2) is 15.4 Å². The monoisotopic (exact) mass is 135 g/mol. The summed E-state index contributed by atoms with van der Waals surface area (Å²) in [6.07, 6.45) is 0. The molecular weight excluding hydrogens is 122 g/mol. The molecule has 0 bridgehead atoms. The summed E-state index contributed by atoms with van der Waals surface area (Å²) >= 11 is 0. The van der Waals surface area contributed by atoms with Crippen LogP contribution in [0.5, 0.6) is 0 Å². The summed E-state index contributed by atoms with van der Waals surface area (Å²) in [6.45, 7) is 6.21. The predicted octanol–water partition coefficient (Wildman–Crippen LogP) is 0.904. The van der Waals surface area contributed by atoms with Crippen molar-refractivity contribution >= 4 is 8.32 Å². The molecule has 1 N–H and O–H groups in total. The Morgan fingerprint density at radius 1 is 1.25 bits per heavy atom. The molecule has 8 heavy (non-hydrogen) atoms. The van der Waals surface area contributed by atoms with E-state index in [1.165, 1.54) is 7.11 Å². The molecule has 0 aromatic heterocycles. The van der Waals surface area contributed by atoms with Gasteiger partial charge in [0, 0.05) is 0 Å². The maximum Gasteiger partial charge on any atom is 0.214 e. The summed E-state index contributed by atoms with van der Waals surface area (Å²) < 4.78 is 5.05. The Morgan fingerprint density at radius 2 is 1.75 bits per heavy atom. The Morgan fingerprint density at radius 3 is 1.88 bits per heavy atom. The molecule has 0 aromatic carbocycles. The Bertz CT molecular complexity index is 61.5. The Kier molecular flexibility index (Phi) is 3.23. The fraction of sp³-hybridized carbons (Fsp3) is 1.00. The zero-order valence-corrected chi connectivity index (χ0v) is 6.82. The predicted molar refractivity (Wildman–Crippen MR) is 34.6 cm³/mol. The molecule has 0 atom stereocenters. The van der Waals surface area contributed by atoms with Crippen molar-refractivity contribution in [2.75, 3.05) is 7.11 Å². The first kappa shape index (κ1) is 8.10. The van der Waals surface area contributed by atoms with Crippen LogP contribution in [0.15, 0.2) is 0 Å². The summed E-state index contributed by atoms with van der Waals surface area (Å²) in [5, 5.41) is 0. The van der Waals surface area contributed by atoms with Crippen molar-refractivity contribution in [1.29, 1.82) is 0 Å². The van der Waals surface area contributed by atoms with Crippen LogP contribution >= 0.6 is 0 Å². The Labute approximate surface area is 51.0 Å². The van der Waals surface area contributed by atoms with Gasteiger partial charge in [-0.1, -0.05) is 5.64 Å². The van der Waals surface area contributed by atoms with Crippen molar-refractivity contribution in [1.82, 2.24) is 5.64 Å². The van der Waals surface area contributed by atoms with Crippen LogP contribution in [0.3, 0.4) is 0 Å². The highest BCUT2D eigenvalue weighted by atomic mass is 28.4. The van der Waals surface area contributed by atoms with Crippen molar-refractivity contribution in [3.63, 3.8) is 0 Å². The zero-order valence-electron chi connectivity index (χ0n) is 5.82. The molecule has 0 fully saturated rings. The number of hydrogen-bond acceptors (Lipinski definition) is 3. The van der Waals surface area contributed by atoms with E-state index in [0.29, 0.717) is 0 Å². The first-order chi connectivity index (χ1) is 3.56. The maximum absolute atomic E-state index is 5.05. The first-order valence-corrected chi connectivity index (χ1v) is 5.93. The second kappa shape index (κ2) is 3.19. The number of rotatable bonds is 3. The molecule has 4 heteroatoms. The van der Waals surface area contributed by atoms with E-state index in [1.54, 1.807) is 0 Å². The van der Waals surface area contributed by atoms with Gasteiger partial charge >= 0.3 is 0 Å². The third kappa shape index (κ3) is 6.10. The van der Waals surface area contributed by atoms with Gasteiger partial charge in [-0.25, -0.2) is 0 Å². The van der Waals surface area contributed by atoms with Gasteiger partial charge in [-0.05, 0) is 19.6 Å². The van der Waals surface area contributed by atoms with Gasteiger partial charge in [0.05, 0.1) is 7.11 Å². The quantitative estimate of drug-likeness (QED) is 0.461. The summed E-state index contributed by atoms with van der Waals surface area (Å²) in [6, 6.07) is 0. The van der Waals surface area contributed by atoms with Gasteiger partial charge in [0.2, 0.25) is 8.32 Å². The molecule has 0 unspecified atom stereocenters. The summed E-state index contributed by atoms with van der Waals surface area (Å²) in [7, 11) is 0.114. The molecule has 50 valence electrons. The second-order valence-electron chi connectivity index (χ2n) is 2.50. The molecule has 0 saturated carbocycles. The smallest absolute Gasteiger partial charge is 0.214 e. The van der Waals surface area contributed by atoms with Crippen LogP contribution < -0.4 is 5.64 Å². The van der Waals surface area contributed by atoms with E-state index in [4.69, 9.17) is 4.53 Å². The van der Waals surface area contributed by atoms with Gasteiger partial charge in [-0.15, -0.1) is 0 Å². The fourth-order valence-corrected chi connectivity index (χ4v) is 0.500.